The van der Waals surface area contributed by atoms with Crippen molar-refractivity contribution < 1.29 is 0 Å². The number of hydrogen-bond donors (Lipinski definition) is 0. The van der Waals surface area contributed by atoms with Gasteiger partial charge in [-0.1, -0.05) is 29.8 Å². The number of aryl methyl sites for hydroxylation is 1. The Hall–Kier alpha value is -2.07. The van der Waals surface area contributed by atoms with E-state index in [1.54, 1.807) is 23.8 Å². The highest BCUT2D eigenvalue weighted by Gasteiger charge is 2.12. The predicted octanol–water partition coefficient (Wildman–Crippen LogP) is 2.45. The zero-order valence-electron chi connectivity index (χ0n) is 9.67. The van der Waals surface area contributed by atoms with Crippen LogP contribution in [0.1, 0.15) is 5.82 Å². The second-order valence-corrected chi connectivity index (χ2v) is 4.39. The molecule has 5 heteroatoms. The van der Waals surface area contributed by atoms with Crippen molar-refractivity contribution in [1.29, 1.82) is 0 Å². The summed E-state index contributed by atoms with van der Waals surface area (Å²) in [6, 6.07) is 11.1. The molecule has 0 aliphatic heterocycles. The molecule has 3 aromatic rings. The average molecular weight is 260 g/mol. The van der Waals surface area contributed by atoms with Crippen LogP contribution in [0.3, 0.4) is 0 Å². The van der Waals surface area contributed by atoms with Gasteiger partial charge in [0.15, 0.2) is 0 Å². The summed E-state index contributed by atoms with van der Waals surface area (Å²) in [4.78, 5) is 12.4. The Morgan fingerprint density at radius 3 is 2.61 bits per heavy atom. The van der Waals surface area contributed by atoms with Crippen molar-refractivity contribution in [3.05, 3.63) is 63.8 Å². The fourth-order valence-electron chi connectivity index (χ4n) is 2.02. The molecule has 0 atom stereocenters. The van der Waals surface area contributed by atoms with Crippen LogP contribution in [-0.2, 0) is 0 Å². The van der Waals surface area contributed by atoms with Gasteiger partial charge in [0.2, 0.25) is 0 Å². The summed E-state index contributed by atoms with van der Waals surface area (Å²) >= 11 is 6.02. The van der Waals surface area contributed by atoms with E-state index in [4.69, 9.17) is 11.6 Å². The zero-order chi connectivity index (χ0) is 12.7. The standard InChI is InChI=1S/C13H10ClN3O/c1-9-15-16-8-7-11(14)12(16)13(18)17(9)10-5-3-2-4-6-10/h2-8H,1H3. The molecule has 0 saturated heterocycles. The lowest BCUT2D eigenvalue weighted by atomic mass is 10.3. The van der Waals surface area contributed by atoms with Crippen LogP contribution in [0.15, 0.2) is 47.4 Å². The van der Waals surface area contributed by atoms with Gasteiger partial charge in [-0.2, -0.15) is 5.10 Å². The molecule has 0 unspecified atom stereocenters. The van der Waals surface area contributed by atoms with Crippen molar-refractivity contribution in [3.8, 4) is 5.69 Å². The molecule has 90 valence electrons. The molecule has 0 amide bonds. The third-order valence-corrected chi connectivity index (χ3v) is 3.12. The number of hydrogen-bond acceptors (Lipinski definition) is 2. The molecular formula is C13H10ClN3O. The van der Waals surface area contributed by atoms with E-state index in [2.05, 4.69) is 5.10 Å². The highest BCUT2D eigenvalue weighted by atomic mass is 35.5. The number of benzene rings is 1. The van der Waals surface area contributed by atoms with E-state index < -0.39 is 0 Å². The van der Waals surface area contributed by atoms with Crippen LogP contribution in [0.2, 0.25) is 5.02 Å². The summed E-state index contributed by atoms with van der Waals surface area (Å²) < 4.78 is 3.07. The van der Waals surface area contributed by atoms with Crippen LogP contribution in [0.4, 0.5) is 0 Å². The van der Waals surface area contributed by atoms with Crippen molar-refractivity contribution in [1.82, 2.24) is 14.2 Å². The number of fused-ring (bicyclic) bond motifs is 1. The summed E-state index contributed by atoms with van der Waals surface area (Å²) in [5.74, 6) is 0.617. The largest absolute Gasteiger partial charge is 0.284 e. The van der Waals surface area contributed by atoms with Gasteiger partial charge in [0, 0.05) is 6.20 Å². The molecule has 0 N–H and O–H groups in total. The molecule has 1 aromatic carbocycles. The Labute approximate surface area is 108 Å². The maximum absolute atomic E-state index is 12.4. The monoisotopic (exact) mass is 259 g/mol. The Kier molecular flexibility index (Phi) is 2.45. The minimum atomic E-state index is -0.163. The summed E-state index contributed by atoms with van der Waals surface area (Å²) in [5.41, 5.74) is 1.02. The first kappa shape index (κ1) is 11.0. The van der Waals surface area contributed by atoms with Crippen molar-refractivity contribution in [2.24, 2.45) is 0 Å². The summed E-state index contributed by atoms with van der Waals surface area (Å²) in [6.07, 6.45) is 1.68. The van der Waals surface area contributed by atoms with Gasteiger partial charge in [-0.05, 0) is 25.1 Å². The molecule has 0 spiro atoms. The average Bonchev–Trinajstić information content (AvgIpc) is 2.72. The van der Waals surface area contributed by atoms with E-state index in [1.807, 2.05) is 30.3 Å². The van der Waals surface area contributed by atoms with Gasteiger partial charge in [0.25, 0.3) is 5.56 Å². The summed E-state index contributed by atoms with van der Waals surface area (Å²) in [7, 11) is 0. The van der Waals surface area contributed by atoms with E-state index in [9.17, 15) is 4.79 Å². The predicted molar refractivity (Wildman–Crippen MR) is 70.5 cm³/mol. The lowest BCUT2D eigenvalue weighted by Gasteiger charge is -2.09. The van der Waals surface area contributed by atoms with Gasteiger partial charge in [-0.15, -0.1) is 0 Å². The molecule has 2 aromatic heterocycles. The molecule has 2 heterocycles. The smallest absolute Gasteiger partial charge is 0.266 e. The first-order chi connectivity index (χ1) is 8.68. The minimum Gasteiger partial charge on any atom is -0.266 e. The maximum Gasteiger partial charge on any atom is 0.284 e. The number of aromatic nitrogens is 3. The Morgan fingerprint density at radius 2 is 1.89 bits per heavy atom. The maximum atomic E-state index is 12.4. The third kappa shape index (κ3) is 1.54. The molecule has 18 heavy (non-hydrogen) atoms. The van der Waals surface area contributed by atoms with Gasteiger partial charge in [0.1, 0.15) is 11.3 Å². The second-order valence-electron chi connectivity index (χ2n) is 3.98. The van der Waals surface area contributed by atoms with Crippen LogP contribution in [0.5, 0.6) is 0 Å². The molecule has 0 aliphatic carbocycles. The van der Waals surface area contributed by atoms with Crippen molar-refractivity contribution in [2.75, 3.05) is 0 Å². The normalized spacial score (nSPS) is 11.0. The zero-order valence-corrected chi connectivity index (χ0v) is 10.4. The number of nitrogens with zero attached hydrogens (tertiary/aromatic N) is 3. The molecule has 0 radical (unpaired) electrons. The third-order valence-electron chi connectivity index (χ3n) is 2.81. The quantitative estimate of drug-likeness (QED) is 0.673. The highest BCUT2D eigenvalue weighted by Crippen LogP contribution is 2.15. The summed E-state index contributed by atoms with van der Waals surface area (Å²) in [6.45, 7) is 1.79. The van der Waals surface area contributed by atoms with Crippen molar-refractivity contribution >= 4 is 17.1 Å². The Bertz CT molecular complexity index is 774. The first-order valence-corrected chi connectivity index (χ1v) is 5.88. The van der Waals surface area contributed by atoms with Crippen LogP contribution in [0, 0.1) is 6.92 Å². The topological polar surface area (TPSA) is 39.3 Å². The molecule has 4 nitrogen and oxygen atoms in total. The van der Waals surface area contributed by atoms with Crippen LogP contribution in [-0.4, -0.2) is 14.2 Å². The van der Waals surface area contributed by atoms with Crippen molar-refractivity contribution in [2.45, 2.75) is 6.92 Å². The van der Waals surface area contributed by atoms with Crippen molar-refractivity contribution in [3.63, 3.8) is 0 Å². The fraction of sp³-hybridized carbons (Fsp3) is 0.0769. The number of para-hydroxylation sites is 1. The van der Waals surface area contributed by atoms with E-state index in [-0.39, 0.29) is 5.56 Å². The fourth-order valence-corrected chi connectivity index (χ4v) is 2.24. The lowest BCUT2D eigenvalue weighted by Crippen LogP contribution is -2.24. The molecule has 0 aliphatic rings. The molecule has 0 bridgehead atoms. The van der Waals surface area contributed by atoms with Crippen LogP contribution in [0.25, 0.3) is 11.2 Å². The van der Waals surface area contributed by atoms with Gasteiger partial charge in [0.05, 0.1) is 10.7 Å². The van der Waals surface area contributed by atoms with Crippen LogP contribution >= 0.6 is 11.6 Å². The lowest BCUT2D eigenvalue weighted by molar-refractivity contribution is 0.777. The van der Waals surface area contributed by atoms with Gasteiger partial charge < -0.3 is 0 Å². The highest BCUT2D eigenvalue weighted by molar-refractivity contribution is 6.33. The van der Waals surface area contributed by atoms with Gasteiger partial charge in [-0.25, -0.2) is 4.52 Å². The van der Waals surface area contributed by atoms with Crippen LogP contribution < -0.4 is 5.56 Å². The van der Waals surface area contributed by atoms with Gasteiger partial charge in [-0.3, -0.25) is 9.36 Å². The Morgan fingerprint density at radius 1 is 1.17 bits per heavy atom. The molecule has 0 saturated carbocycles. The van der Waals surface area contributed by atoms with E-state index in [0.717, 1.165) is 5.69 Å². The Balaban J connectivity index is 2.43. The number of rotatable bonds is 1. The van der Waals surface area contributed by atoms with Gasteiger partial charge >= 0.3 is 0 Å². The second kappa shape index (κ2) is 3.99. The van der Waals surface area contributed by atoms with E-state index >= 15 is 0 Å². The van der Waals surface area contributed by atoms with E-state index in [1.165, 1.54) is 4.52 Å². The summed E-state index contributed by atoms with van der Waals surface area (Å²) in [5, 5.41) is 4.74. The molecule has 0 fully saturated rings. The van der Waals surface area contributed by atoms with E-state index in [0.29, 0.717) is 16.4 Å². The first-order valence-electron chi connectivity index (χ1n) is 5.50. The molecular weight excluding hydrogens is 250 g/mol. The SMILES string of the molecule is Cc1nn2ccc(Cl)c2c(=O)n1-c1ccccc1. The minimum absolute atomic E-state index is 0.163. The number of halogens is 1. The molecule has 3 rings (SSSR count).